The zero-order chi connectivity index (χ0) is 11.1. The standard InChI is InChI=1S/C13H22N2/c1-4-9-14-10-12-7-5-6-8-13(12)11-15(2)3/h5-8,14H,4,9-11H2,1-3H3. The van der Waals surface area contributed by atoms with Crippen molar-refractivity contribution in [3.05, 3.63) is 35.4 Å². The van der Waals surface area contributed by atoms with E-state index in [0.717, 1.165) is 19.6 Å². The van der Waals surface area contributed by atoms with Crippen LogP contribution in [0.1, 0.15) is 24.5 Å². The van der Waals surface area contributed by atoms with Gasteiger partial charge < -0.3 is 10.2 Å². The molecule has 0 radical (unpaired) electrons. The molecule has 0 saturated carbocycles. The minimum absolute atomic E-state index is 0.984. The molecule has 0 spiro atoms. The molecule has 0 fully saturated rings. The molecule has 0 bridgehead atoms. The fraction of sp³-hybridized carbons (Fsp3) is 0.538. The normalized spacial score (nSPS) is 10.9. The smallest absolute Gasteiger partial charge is 0.0230 e. The maximum Gasteiger partial charge on any atom is 0.0230 e. The van der Waals surface area contributed by atoms with Crippen molar-refractivity contribution >= 4 is 0 Å². The van der Waals surface area contributed by atoms with Crippen molar-refractivity contribution in [3.63, 3.8) is 0 Å². The van der Waals surface area contributed by atoms with Gasteiger partial charge in [-0.1, -0.05) is 31.2 Å². The van der Waals surface area contributed by atoms with Crippen molar-refractivity contribution in [1.82, 2.24) is 10.2 Å². The zero-order valence-corrected chi connectivity index (χ0v) is 10.1. The van der Waals surface area contributed by atoms with E-state index in [-0.39, 0.29) is 0 Å². The van der Waals surface area contributed by atoms with E-state index in [2.05, 4.69) is 55.5 Å². The molecular formula is C13H22N2. The van der Waals surface area contributed by atoms with Crippen LogP contribution < -0.4 is 5.32 Å². The number of hydrogen-bond acceptors (Lipinski definition) is 2. The van der Waals surface area contributed by atoms with Gasteiger partial charge in [-0.15, -0.1) is 0 Å². The molecule has 0 aliphatic heterocycles. The second kappa shape index (κ2) is 6.59. The molecule has 1 aromatic carbocycles. The van der Waals surface area contributed by atoms with E-state index in [1.807, 2.05) is 0 Å². The van der Waals surface area contributed by atoms with E-state index in [9.17, 15) is 0 Å². The van der Waals surface area contributed by atoms with Crippen molar-refractivity contribution < 1.29 is 0 Å². The van der Waals surface area contributed by atoms with Crippen LogP contribution >= 0.6 is 0 Å². The molecule has 0 saturated heterocycles. The highest BCUT2D eigenvalue weighted by Gasteiger charge is 2.01. The summed E-state index contributed by atoms with van der Waals surface area (Å²) in [6, 6.07) is 8.65. The maximum atomic E-state index is 3.45. The molecule has 1 aromatic rings. The fourth-order valence-electron chi connectivity index (χ4n) is 1.62. The summed E-state index contributed by atoms with van der Waals surface area (Å²) in [4.78, 5) is 2.21. The van der Waals surface area contributed by atoms with E-state index in [1.165, 1.54) is 17.5 Å². The molecule has 0 aliphatic carbocycles. The number of nitrogens with one attached hydrogen (secondary N) is 1. The summed E-state index contributed by atoms with van der Waals surface area (Å²) < 4.78 is 0. The third kappa shape index (κ3) is 4.45. The Kier molecular flexibility index (Phi) is 5.37. The van der Waals surface area contributed by atoms with Crippen molar-refractivity contribution in [2.75, 3.05) is 20.6 Å². The Balaban J connectivity index is 2.60. The van der Waals surface area contributed by atoms with Crippen LogP contribution in [0.4, 0.5) is 0 Å². The second-order valence-corrected chi connectivity index (χ2v) is 4.18. The van der Waals surface area contributed by atoms with Crippen molar-refractivity contribution in [2.24, 2.45) is 0 Å². The zero-order valence-electron chi connectivity index (χ0n) is 10.1. The Bertz CT molecular complexity index is 282. The van der Waals surface area contributed by atoms with Crippen LogP contribution in [0.25, 0.3) is 0 Å². The number of hydrogen-bond donors (Lipinski definition) is 1. The Hall–Kier alpha value is -0.860. The number of rotatable bonds is 6. The summed E-state index contributed by atoms with van der Waals surface area (Å²) in [6.07, 6.45) is 1.19. The first-order chi connectivity index (χ1) is 7.24. The first-order valence-electron chi connectivity index (χ1n) is 5.66. The van der Waals surface area contributed by atoms with Gasteiger partial charge in [0, 0.05) is 13.1 Å². The molecule has 0 amide bonds. The molecular weight excluding hydrogens is 184 g/mol. The Morgan fingerprint density at radius 3 is 2.40 bits per heavy atom. The average Bonchev–Trinajstić information content (AvgIpc) is 2.20. The van der Waals surface area contributed by atoms with Gasteiger partial charge in [-0.3, -0.25) is 0 Å². The highest BCUT2D eigenvalue weighted by Crippen LogP contribution is 2.10. The molecule has 2 nitrogen and oxygen atoms in total. The predicted molar refractivity (Wildman–Crippen MR) is 65.8 cm³/mol. The Morgan fingerprint density at radius 1 is 1.13 bits per heavy atom. The van der Waals surface area contributed by atoms with Crippen molar-refractivity contribution in [1.29, 1.82) is 0 Å². The lowest BCUT2D eigenvalue weighted by Gasteiger charge is -2.14. The molecule has 0 heterocycles. The van der Waals surface area contributed by atoms with E-state index < -0.39 is 0 Å². The van der Waals surface area contributed by atoms with Gasteiger partial charge in [0.25, 0.3) is 0 Å². The Labute approximate surface area is 93.3 Å². The average molecular weight is 206 g/mol. The monoisotopic (exact) mass is 206 g/mol. The molecule has 84 valence electrons. The van der Waals surface area contributed by atoms with Crippen LogP contribution in [0.15, 0.2) is 24.3 Å². The SMILES string of the molecule is CCCNCc1ccccc1CN(C)C. The van der Waals surface area contributed by atoms with E-state index in [1.54, 1.807) is 0 Å². The summed E-state index contributed by atoms with van der Waals surface area (Å²) in [5.74, 6) is 0. The van der Waals surface area contributed by atoms with Gasteiger partial charge in [-0.25, -0.2) is 0 Å². The fourth-order valence-corrected chi connectivity index (χ4v) is 1.62. The van der Waals surface area contributed by atoms with Crippen molar-refractivity contribution in [2.45, 2.75) is 26.4 Å². The number of nitrogens with zero attached hydrogens (tertiary/aromatic N) is 1. The topological polar surface area (TPSA) is 15.3 Å². The minimum Gasteiger partial charge on any atom is -0.313 e. The van der Waals surface area contributed by atoms with Gasteiger partial charge in [-0.2, -0.15) is 0 Å². The molecule has 0 aliphatic rings. The molecule has 15 heavy (non-hydrogen) atoms. The first-order valence-corrected chi connectivity index (χ1v) is 5.66. The van der Waals surface area contributed by atoms with Crippen molar-refractivity contribution in [3.8, 4) is 0 Å². The first kappa shape index (κ1) is 12.2. The molecule has 0 atom stereocenters. The second-order valence-electron chi connectivity index (χ2n) is 4.18. The van der Waals surface area contributed by atoms with Crippen LogP contribution in [0.2, 0.25) is 0 Å². The van der Waals surface area contributed by atoms with Crippen LogP contribution in [-0.2, 0) is 13.1 Å². The lowest BCUT2D eigenvalue weighted by Crippen LogP contribution is -2.17. The lowest BCUT2D eigenvalue weighted by atomic mass is 10.1. The third-order valence-electron chi connectivity index (χ3n) is 2.35. The molecule has 0 aromatic heterocycles. The van der Waals surface area contributed by atoms with Gasteiger partial charge in [0.2, 0.25) is 0 Å². The molecule has 1 N–H and O–H groups in total. The van der Waals surface area contributed by atoms with Crippen LogP contribution in [0.3, 0.4) is 0 Å². The van der Waals surface area contributed by atoms with Crippen LogP contribution in [0, 0.1) is 0 Å². The van der Waals surface area contributed by atoms with Gasteiger partial charge in [0.1, 0.15) is 0 Å². The predicted octanol–water partition coefficient (Wildman–Crippen LogP) is 2.25. The maximum absolute atomic E-state index is 3.45. The summed E-state index contributed by atoms with van der Waals surface area (Å²) in [7, 11) is 4.21. The third-order valence-corrected chi connectivity index (χ3v) is 2.35. The Morgan fingerprint density at radius 2 is 1.80 bits per heavy atom. The molecule has 0 unspecified atom stereocenters. The highest BCUT2D eigenvalue weighted by molar-refractivity contribution is 5.26. The van der Waals surface area contributed by atoms with E-state index >= 15 is 0 Å². The van der Waals surface area contributed by atoms with E-state index in [0.29, 0.717) is 0 Å². The molecule has 1 rings (SSSR count). The number of benzene rings is 1. The molecule has 2 heteroatoms. The van der Waals surface area contributed by atoms with Gasteiger partial charge in [-0.05, 0) is 38.2 Å². The van der Waals surface area contributed by atoms with Crippen LogP contribution in [-0.4, -0.2) is 25.5 Å². The summed E-state index contributed by atoms with van der Waals surface area (Å²) in [5.41, 5.74) is 2.84. The van der Waals surface area contributed by atoms with E-state index in [4.69, 9.17) is 0 Å². The van der Waals surface area contributed by atoms with Gasteiger partial charge in [0.05, 0.1) is 0 Å². The summed E-state index contributed by atoms with van der Waals surface area (Å²) in [6.45, 7) is 5.29. The highest BCUT2D eigenvalue weighted by atomic mass is 15.0. The lowest BCUT2D eigenvalue weighted by molar-refractivity contribution is 0.400. The van der Waals surface area contributed by atoms with Gasteiger partial charge in [0.15, 0.2) is 0 Å². The largest absolute Gasteiger partial charge is 0.313 e. The van der Waals surface area contributed by atoms with Crippen LogP contribution in [0.5, 0.6) is 0 Å². The quantitative estimate of drug-likeness (QED) is 0.718. The summed E-state index contributed by atoms with van der Waals surface area (Å²) in [5, 5.41) is 3.45. The summed E-state index contributed by atoms with van der Waals surface area (Å²) >= 11 is 0. The van der Waals surface area contributed by atoms with Gasteiger partial charge >= 0.3 is 0 Å². The minimum atomic E-state index is 0.984.